The zero-order valence-electron chi connectivity index (χ0n) is 32.3. The second-order valence-corrected chi connectivity index (χ2v) is 15.1. The topological polar surface area (TPSA) is 61.4 Å². The second-order valence-electron chi connectivity index (χ2n) is 15.1. The molecular weight excluding hydrogens is 733 g/mol. The SMILES string of the molecule is c1ccc(-n2c(-c3ccc(-c4ccc5c(c4)c4ccccc4n5-c4nc(-c5cccc6ccccc56)nc(-c5cccc6ccccc56)n4)cc3)nc3ccccc32)cc1. The average molecular weight is 767 g/mol. The molecule has 0 spiro atoms. The van der Waals surface area contributed by atoms with E-state index in [1.54, 1.807) is 0 Å². The van der Waals surface area contributed by atoms with E-state index in [-0.39, 0.29) is 0 Å². The summed E-state index contributed by atoms with van der Waals surface area (Å²) in [5.41, 5.74) is 10.4. The summed E-state index contributed by atoms with van der Waals surface area (Å²) in [4.78, 5) is 20.9. The van der Waals surface area contributed by atoms with Crippen LogP contribution in [-0.2, 0) is 0 Å². The Morgan fingerprint density at radius 2 is 0.850 bits per heavy atom. The van der Waals surface area contributed by atoms with Gasteiger partial charge in [-0.1, -0.05) is 164 Å². The van der Waals surface area contributed by atoms with Gasteiger partial charge in [-0.05, 0) is 75.1 Å². The van der Waals surface area contributed by atoms with E-state index in [1.165, 1.54) is 0 Å². The summed E-state index contributed by atoms with van der Waals surface area (Å²) in [5, 5.41) is 6.71. The van der Waals surface area contributed by atoms with Crippen molar-refractivity contribution >= 4 is 54.4 Å². The van der Waals surface area contributed by atoms with Gasteiger partial charge >= 0.3 is 0 Å². The number of rotatable bonds is 6. The van der Waals surface area contributed by atoms with Crippen molar-refractivity contribution in [1.82, 2.24) is 29.1 Å². The van der Waals surface area contributed by atoms with Crippen LogP contribution in [0.5, 0.6) is 0 Å². The molecule has 0 atom stereocenters. The molecule has 0 bridgehead atoms. The van der Waals surface area contributed by atoms with E-state index in [4.69, 9.17) is 19.9 Å². The monoisotopic (exact) mass is 766 g/mol. The Morgan fingerprint density at radius 3 is 1.55 bits per heavy atom. The van der Waals surface area contributed by atoms with Crippen LogP contribution in [0.3, 0.4) is 0 Å². The van der Waals surface area contributed by atoms with Gasteiger partial charge in [-0.2, -0.15) is 9.97 Å². The molecule has 12 aromatic rings. The van der Waals surface area contributed by atoms with Gasteiger partial charge in [-0.3, -0.25) is 9.13 Å². The van der Waals surface area contributed by atoms with Gasteiger partial charge in [-0.25, -0.2) is 9.97 Å². The summed E-state index contributed by atoms with van der Waals surface area (Å²) >= 11 is 0. The van der Waals surface area contributed by atoms with Crippen molar-refractivity contribution in [3.63, 3.8) is 0 Å². The fourth-order valence-electron chi connectivity index (χ4n) is 8.78. The molecular formula is C54H34N6. The molecule has 6 nitrogen and oxygen atoms in total. The van der Waals surface area contributed by atoms with E-state index in [2.05, 4.69) is 203 Å². The molecule has 0 N–H and O–H groups in total. The Morgan fingerprint density at radius 1 is 0.317 bits per heavy atom. The maximum atomic E-state index is 5.30. The van der Waals surface area contributed by atoms with Crippen LogP contribution < -0.4 is 0 Å². The van der Waals surface area contributed by atoms with Gasteiger partial charge in [0.2, 0.25) is 5.95 Å². The number of imidazole rings is 1. The summed E-state index contributed by atoms with van der Waals surface area (Å²) in [7, 11) is 0. The fourth-order valence-corrected chi connectivity index (χ4v) is 8.78. The Bertz CT molecular complexity index is 3490. The molecule has 0 amide bonds. The normalized spacial score (nSPS) is 11.7. The van der Waals surface area contributed by atoms with Crippen molar-refractivity contribution in [1.29, 1.82) is 0 Å². The first-order chi connectivity index (χ1) is 29.7. The predicted molar refractivity (Wildman–Crippen MR) is 246 cm³/mol. The highest BCUT2D eigenvalue weighted by Crippen LogP contribution is 2.37. The predicted octanol–water partition coefficient (Wildman–Crippen LogP) is 13.3. The minimum Gasteiger partial charge on any atom is -0.292 e. The largest absolute Gasteiger partial charge is 0.292 e. The number of hydrogen-bond donors (Lipinski definition) is 0. The Kier molecular flexibility index (Phi) is 7.74. The lowest BCUT2D eigenvalue weighted by Crippen LogP contribution is -2.06. The van der Waals surface area contributed by atoms with Crippen molar-refractivity contribution in [3.8, 4) is 56.9 Å². The van der Waals surface area contributed by atoms with E-state index < -0.39 is 0 Å². The molecule has 0 aliphatic carbocycles. The first kappa shape index (κ1) is 33.9. The number of aromatic nitrogens is 6. The Labute approximate surface area is 345 Å². The van der Waals surface area contributed by atoms with Crippen LogP contribution in [0.4, 0.5) is 0 Å². The number of para-hydroxylation sites is 4. The maximum absolute atomic E-state index is 5.30. The van der Waals surface area contributed by atoms with Crippen molar-refractivity contribution in [2.75, 3.05) is 0 Å². The lowest BCUT2D eigenvalue weighted by atomic mass is 10.0. The van der Waals surface area contributed by atoms with Crippen LogP contribution in [0, 0.1) is 0 Å². The van der Waals surface area contributed by atoms with Crippen LogP contribution >= 0.6 is 0 Å². The average Bonchev–Trinajstić information content (AvgIpc) is 3.87. The third kappa shape index (κ3) is 5.50. The van der Waals surface area contributed by atoms with Gasteiger partial charge in [0.05, 0.1) is 22.1 Å². The molecule has 0 radical (unpaired) electrons. The van der Waals surface area contributed by atoms with Crippen LogP contribution in [-0.4, -0.2) is 29.1 Å². The molecule has 6 heteroatoms. The van der Waals surface area contributed by atoms with Gasteiger partial charge in [0.15, 0.2) is 11.6 Å². The van der Waals surface area contributed by atoms with Gasteiger partial charge in [0.1, 0.15) is 5.82 Å². The quantitative estimate of drug-likeness (QED) is 0.169. The lowest BCUT2D eigenvalue weighted by Gasteiger charge is -2.13. The minimum absolute atomic E-state index is 0.570. The molecule has 0 unspecified atom stereocenters. The highest BCUT2D eigenvalue weighted by molar-refractivity contribution is 6.10. The second kappa shape index (κ2) is 13.7. The number of hydrogen-bond acceptors (Lipinski definition) is 4. The molecule has 0 saturated carbocycles. The van der Waals surface area contributed by atoms with Crippen LogP contribution in [0.15, 0.2) is 206 Å². The molecule has 9 aromatic carbocycles. The molecule has 12 rings (SSSR count). The van der Waals surface area contributed by atoms with Crippen LogP contribution in [0.1, 0.15) is 0 Å². The van der Waals surface area contributed by atoms with Gasteiger partial charge in [-0.15, -0.1) is 0 Å². The summed E-state index contributed by atoms with van der Waals surface area (Å²) in [6.45, 7) is 0. The van der Waals surface area contributed by atoms with E-state index in [9.17, 15) is 0 Å². The first-order valence-electron chi connectivity index (χ1n) is 20.1. The van der Waals surface area contributed by atoms with Crippen molar-refractivity contribution in [2.24, 2.45) is 0 Å². The van der Waals surface area contributed by atoms with Crippen LogP contribution in [0.25, 0.3) is 111 Å². The first-order valence-corrected chi connectivity index (χ1v) is 20.1. The summed E-state index contributed by atoms with van der Waals surface area (Å²) < 4.78 is 4.43. The van der Waals surface area contributed by atoms with E-state index >= 15 is 0 Å². The molecule has 60 heavy (non-hydrogen) atoms. The standard InChI is InChI=1S/C54H34N6/c1-2-18-40(19-3-1)59-50-27-11-9-25-47(50)55-53(59)38-30-28-35(29-31-38)39-32-33-49-46(34-39)43-22-8-10-26-48(43)60(49)54-57-51(44-23-12-16-36-14-4-6-20-41(36)44)56-52(58-54)45-24-13-17-37-15-5-7-21-42(37)45/h1-34H. The number of benzene rings is 9. The summed E-state index contributed by atoms with van der Waals surface area (Å²) in [6.07, 6.45) is 0. The molecule has 0 aliphatic rings. The third-order valence-corrected chi connectivity index (χ3v) is 11.6. The van der Waals surface area contributed by atoms with Crippen molar-refractivity contribution in [2.45, 2.75) is 0 Å². The van der Waals surface area contributed by atoms with Crippen molar-refractivity contribution < 1.29 is 0 Å². The lowest BCUT2D eigenvalue weighted by molar-refractivity contribution is 0.955. The molecule has 0 fully saturated rings. The molecule has 3 heterocycles. The summed E-state index contributed by atoms with van der Waals surface area (Å²) in [6, 6.07) is 72.2. The molecule has 0 aliphatic heterocycles. The van der Waals surface area contributed by atoms with Gasteiger partial charge < -0.3 is 0 Å². The fraction of sp³-hybridized carbons (Fsp3) is 0. The zero-order chi connectivity index (χ0) is 39.6. The van der Waals surface area contributed by atoms with Gasteiger partial charge in [0, 0.05) is 33.2 Å². The van der Waals surface area contributed by atoms with Crippen LogP contribution in [0.2, 0.25) is 0 Å². The Hall–Kier alpha value is -8.22. The number of nitrogens with zero attached hydrogens (tertiary/aromatic N) is 6. The summed E-state index contributed by atoms with van der Waals surface area (Å²) in [5.74, 6) is 2.74. The van der Waals surface area contributed by atoms with Crippen molar-refractivity contribution in [3.05, 3.63) is 206 Å². The van der Waals surface area contributed by atoms with E-state index in [0.717, 1.165) is 93.7 Å². The molecule has 3 aromatic heterocycles. The van der Waals surface area contributed by atoms with Gasteiger partial charge in [0.25, 0.3) is 0 Å². The maximum Gasteiger partial charge on any atom is 0.238 e. The zero-order valence-corrected chi connectivity index (χ0v) is 32.3. The molecule has 0 saturated heterocycles. The highest BCUT2D eigenvalue weighted by atomic mass is 15.2. The number of fused-ring (bicyclic) bond motifs is 6. The Balaban J connectivity index is 1.02. The highest BCUT2D eigenvalue weighted by Gasteiger charge is 2.20. The third-order valence-electron chi connectivity index (χ3n) is 11.6. The smallest absolute Gasteiger partial charge is 0.238 e. The minimum atomic E-state index is 0.570. The van der Waals surface area contributed by atoms with E-state index in [1.807, 2.05) is 12.1 Å². The van der Waals surface area contributed by atoms with E-state index in [0.29, 0.717) is 17.6 Å². The molecule has 280 valence electrons.